The van der Waals surface area contributed by atoms with Crippen molar-refractivity contribution in [3.8, 4) is 0 Å². The minimum Gasteiger partial charge on any atom is -0.372 e. The van der Waals surface area contributed by atoms with Crippen LogP contribution in [0, 0.1) is 13.8 Å². The second-order valence-electron chi connectivity index (χ2n) is 11.1. The van der Waals surface area contributed by atoms with Crippen molar-refractivity contribution in [2.45, 2.75) is 90.7 Å². The molecule has 2 saturated heterocycles. The maximum absolute atomic E-state index is 13.0. The molecule has 0 spiro atoms. The average molecular weight is 556 g/mol. The summed E-state index contributed by atoms with van der Waals surface area (Å²) < 4.78 is 0. The molecule has 3 atom stereocenters. The molecule has 3 heterocycles. The molecule has 0 bridgehead atoms. The predicted molar refractivity (Wildman–Crippen MR) is 155 cm³/mol. The summed E-state index contributed by atoms with van der Waals surface area (Å²) in [5.41, 5.74) is 3.54. The first kappa shape index (κ1) is 29.3. The van der Waals surface area contributed by atoms with Crippen LogP contribution < -0.4 is 5.32 Å². The number of carbonyl (C=O) groups is 2. The molecule has 212 valence electrons. The molecule has 8 nitrogen and oxygen atoms in total. The number of aliphatic hydroxyl groups excluding tert-OH is 1. The molecule has 2 aromatic rings. The molecule has 2 aliphatic heterocycles. The van der Waals surface area contributed by atoms with Gasteiger partial charge in [0.1, 0.15) is 12.0 Å². The van der Waals surface area contributed by atoms with Crippen molar-refractivity contribution in [3.05, 3.63) is 57.7 Å². The quantitative estimate of drug-likeness (QED) is 0.439. The SMILES string of the molecule is CCC(C)N(C)C(=O)c1cc(C)nc(NC(O)[C@H]2CCC(=O)N2C2CCN(Cc3ccc(Cl)c(C)c3)CC2)c1. The predicted octanol–water partition coefficient (Wildman–Crippen LogP) is 4.61. The monoisotopic (exact) mass is 555 g/mol. The number of likely N-dealkylation sites (tertiary alicyclic amines) is 2. The number of aromatic nitrogens is 1. The number of rotatable bonds is 9. The lowest BCUT2D eigenvalue weighted by atomic mass is 10.0. The molecule has 2 aliphatic rings. The van der Waals surface area contributed by atoms with Gasteiger partial charge in [-0.3, -0.25) is 14.5 Å². The van der Waals surface area contributed by atoms with E-state index in [-0.39, 0.29) is 29.9 Å². The van der Waals surface area contributed by atoms with Gasteiger partial charge in [-0.15, -0.1) is 0 Å². The Bertz CT molecular complexity index is 1180. The molecule has 1 aromatic carbocycles. The number of hydrogen-bond acceptors (Lipinski definition) is 6. The zero-order valence-electron chi connectivity index (χ0n) is 23.8. The molecule has 4 rings (SSSR count). The van der Waals surface area contributed by atoms with Crippen molar-refractivity contribution in [2.75, 3.05) is 25.5 Å². The van der Waals surface area contributed by atoms with Gasteiger partial charge in [0.25, 0.3) is 5.91 Å². The summed E-state index contributed by atoms with van der Waals surface area (Å²) in [5.74, 6) is 0.456. The molecule has 2 fully saturated rings. The highest BCUT2D eigenvalue weighted by molar-refractivity contribution is 6.31. The number of nitrogens with one attached hydrogen (secondary N) is 1. The standard InChI is InChI=1S/C30H42ClN5O3/c1-6-21(4)34(5)30(39)23-16-20(3)32-27(17-23)33-29(38)26-9-10-28(37)36(26)24-11-13-35(14-12-24)18-22-7-8-25(31)19(2)15-22/h7-8,15-17,21,24,26,29,38H,6,9-14,18H2,1-5H3,(H,32,33)/t21?,26-,29?/m1/s1. The first-order valence-corrected chi connectivity index (χ1v) is 14.4. The third-order valence-electron chi connectivity index (χ3n) is 8.31. The Morgan fingerprint density at radius 3 is 2.59 bits per heavy atom. The lowest BCUT2D eigenvalue weighted by Crippen LogP contribution is -2.53. The average Bonchev–Trinajstić information content (AvgIpc) is 3.31. The minimum atomic E-state index is -0.976. The van der Waals surface area contributed by atoms with Crippen molar-refractivity contribution in [2.24, 2.45) is 0 Å². The smallest absolute Gasteiger partial charge is 0.254 e. The summed E-state index contributed by atoms with van der Waals surface area (Å²) in [6.07, 6.45) is 2.64. The number of benzene rings is 1. The fourth-order valence-electron chi connectivity index (χ4n) is 5.72. The Morgan fingerprint density at radius 1 is 1.21 bits per heavy atom. The number of aryl methyl sites for hydroxylation is 2. The number of aliphatic hydroxyl groups is 1. The zero-order chi connectivity index (χ0) is 28.3. The van der Waals surface area contributed by atoms with Crippen LogP contribution in [0.5, 0.6) is 0 Å². The van der Waals surface area contributed by atoms with E-state index < -0.39 is 6.23 Å². The number of hydrogen-bond donors (Lipinski definition) is 2. The Balaban J connectivity index is 1.39. The highest BCUT2D eigenvalue weighted by Crippen LogP contribution is 2.30. The van der Waals surface area contributed by atoms with E-state index >= 15 is 0 Å². The van der Waals surface area contributed by atoms with E-state index in [4.69, 9.17) is 11.6 Å². The molecule has 39 heavy (non-hydrogen) atoms. The molecular formula is C30H42ClN5O3. The van der Waals surface area contributed by atoms with Crippen molar-refractivity contribution < 1.29 is 14.7 Å². The Kier molecular flexibility index (Phi) is 9.51. The molecule has 2 unspecified atom stereocenters. The number of nitrogens with zero attached hydrogens (tertiary/aromatic N) is 4. The third kappa shape index (κ3) is 6.91. The molecular weight excluding hydrogens is 514 g/mol. The topological polar surface area (TPSA) is 89.0 Å². The van der Waals surface area contributed by atoms with E-state index in [1.54, 1.807) is 24.1 Å². The van der Waals surface area contributed by atoms with Gasteiger partial charge in [-0.2, -0.15) is 0 Å². The Morgan fingerprint density at radius 2 is 1.92 bits per heavy atom. The van der Waals surface area contributed by atoms with Crippen LogP contribution in [-0.2, 0) is 11.3 Å². The number of halogens is 1. The van der Waals surface area contributed by atoms with Gasteiger partial charge < -0.3 is 20.2 Å². The van der Waals surface area contributed by atoms with Gasteiger partial charge in [-0.25, -0.2) is 4.98 Å². The number of amides is 2. The molecule has 0 radical (unpaired) electrons. The minimum absolute atomic E-state index is 0.0782. The second-order valence-corrected chi connectivity index (χ2v) is 11.6. The molecule has 2 amide bonds. The van der Waals surface area contributed by atoms with Crippen molar-refractivity contribution in [3.63, 3.8) is 0 Å². The summed E-state index contributed by atoms with van der Waals surface area (Å²) >= 11 is 6.18. The summed E-state index contributed by atoms with van der Waals surface area (Å²) in [5, 5.41) is 15.1. The fraction of sp³-hybridized carbons (Fsp3) is 0.567. The highest BCUT2D eigenvalue weighted by atomic mass is 35.5. The summed E-state index contributed by atoms with van der Waals surface area (Å²) in [7, 11) is 1.80. The number of piperidine rings is 1. The number of pyridine rings is 1. The van der Waals surface area contributed by atoms with Crippen LogP contribution in [0.3, 0.4) is 0 Å². The summed E-state index contributed by atoms with van der Waals surface area (Å²) in [4.78, 5) is 36.5. The van der Waals surface area contributed by atoms with E-state index in [2.05, 4.69) is 34.3 Å². The van der Waals surface area contributed by atoms with Crippen LogP contribution in [0.2, 0.25) is 5.02 Å². The lowest BCUT2D eigenvalue weighted by Gasteiger charge is -2.40. The molecule has 0 saturated carbocycles. The zero-order valence-corrected chi connectivity index (χ0v) is 24.5. The Labute approximate surface area is 237 Å². The van der Waals surface area contributed by atoms with Crippen molar-refractivity contribution in [1.82, 2.24) is 19.7 Å². The van der Waals surface area contributed by atoms with E-state index in [9.17, 15) is 14.7 Å². The van der Waals surface area contributed by atoms with Gasteiger partial charge in [0.2, 0.25) is 5.91 Å². The maximum atomic E-state index is 13.0. The number of anilines is 1. The van der Waals surface area contributed by atoms with Crippen LogP contribution >= 0.6 is 11.6 Å². The van der Waals surface area contributed by atoms with Gasteiger partial charge in [-0.05, 0) is 75.8 Å². The fourth-order valence-corrected chi connectivity index (χ4v) is 5.84. The van der Waals surface area contributed by atoms with E-state index in [1.165, 1.54) is 5.56 Å². The lowest BCUT2D eigenvalue weighted by molar-refractivity contribution is -0.134. The van der Waals surface area contributed by atoms with Crippen LogP contribution in [0.15, 0.2) is 30.3 Å². The normalized spacial score (nSPS) is 20.2. The molecule has 0 aliphatic carbocycles. The molecule has 2 N–H and O–H groups in total. The van der Waals surface area contributed by atoms with E-state index in [0.29, 0.717) is 29.9 Å². The van der Waals surface area contributed by atoms with Crippen LogP contribution in [0.1, 0.15) is 73.1 Å². The van der Waals surface area contributed by atoms with Gasteiger partial charge in [0, 0.05) is 61.5 Å². The largest absolute Gasteiger partial charge is 0.372 e. The second kappa shape index (κ2) is 12.7. The van der Waals surface area contributed by atoms with E-state index in [0.717, 1.165) is 49.5 Å². The third-order valence-corrected chi connectivity index (χ3v) is 8.74. The van der Waals surface area contributed by atoms with Gasteiger partial charge >= 0.3 is 0 Å². The first-order chi connectivity index (χ1) is 18.6. The van der Waals surface area contributed by atoms with Gasteiger partial charge in [-0.1, -0.05) is 30.7 Å². The van der Waals surface area contributed by atoms with Crippen LogP contribution in [0.25, 0.3) is 0 Å². The van der Waals surface area contributed by atoms with Gasteiger partial charge in [0.15, 0.2) is 0 Å². The molecule has 9 heteroatoms. The summed E-state index contributed by atoms with van der Waals surface area (Å²) in [6.45, 7) is 10.6. The maximum Gasteiger partial charge on any atom is 0.254 e. The van der Waals surface area contributed by atoms with Crippen molar-refractivity contribution in [1.29, 1.82) is 0 Å². The highest BCUT2D eigenvalue weighted by Gasteiger charge is 2.41. The van der Waals surface area contributed by atoms with Gasteiger partial charge in [0.05, 0.1) is 6.04 Å². The number of carbonyl (C=O) groups excluding carboxylic acids is 2. The first-order valence-electron chi connectivity index (χ1n) is 14.1. The summed E-state index contributed by atoms with van der Waals surface area (Å²) in [6, 6.07) is 9.49. The van der Waals surface area contributed by atoms with Crippen molar-refractivity contribution >= 4 is 29.2 Å². The van der Waals surface area contributed by atoms with E-state index in [1.807, 2.05) is 31.7 Å². The van der Waals surface area contributed by atoms with Crippen LogP contribution in [-0.4, -0.2) is 81.1 Å². The Hall–Kier alpha value is -2.68. The van der Waals surface area contributed by atoms with Crippen LogP contribution in [0.4, 0.5) is 5.82 Å². The molecule has 1 aromatic heterocycles.